The minimum absolute atomic E-state index is 0.177. The molecule has 1 heterocycles. The summed E-state index contributed by atoms with van der Waals surface area (Å²) in [6.07, 6.45) is 4.95. The third-order valence-corrected chi connectivity index (χ3v) is 5.39. The lowest BCUT2D eigenvalue weighted by molar-refractivity contribution is 0.00754. The SMILES string of the molecule is CC1=CCC2C(C1)c1c(O)cc(CC#CC(C)Br)cc1OC2(C)C. The van der Waals surface area contributed by atoms with Gasteiger partial charge in [0.2, 0.25) is 0 Å². The maximum Gasteiger partial charge on any atom is 0.127 e. The molecule has 1 aromatic carbocycles. The third-order valence-electron chi connectivity index (χ3n) is 5.16. The molecule has 2 nitrogen and oxygen atoms in total. The molecule has 0 amide bonds. The summed E-state index contributed by atoms with van der Waals surface area (Å²) in [4.78, 5) is 0.177. The first-order valence-electron chi connectivity index (χ1n) is 8.61. The third kappa shape index (κ3) is 3.35. The summed E-state index contributed by atoms with van der Waals surface area (Å²) >= 11 is 3.43. The quantitative estimate of drug-likeness (QED) is 0.400. The van der Waals surface area contributed by atoms with Crippen LogP contribution in [0.1, 0.15) is 57.6 Å². The van der Waals surface area contributed by atoms with Crippen LogP contribution in [0.15, 0.2) is 23.8 Å². The molecule has 1 aliphatic heterocycles. The van der Waals surface area contributed by atoms with Gasteiger partial charge in [0.1, 0.15) is 17.1 Å². The van der Waals surface area contributed by atoms with Crippen LogP contribution < -0.4 is 4.74 Å². The van der Waals surface area contributed by atoms with Gasteiger partial charge in [-0.3, -0.25) is 0 Å². The zero-order chi connectivity index (χ0) is 17.5. The largest absolute Gasteiger partial charge is 0.508 e. The molecule has 1 aliphatic carbocycles. The Morgan fingerprint density at radius 2 is 2.17 bits per heavy atom. The van der Waals surface area contributed by atoms with Gasteiger partial charge in [-0.05, 0) is 58.2 Å². The maximum atomic E-state index is 10.7. The van der Waals surface area contributed by atoms with Crippen molar-refractivity contribution in [3.63, 3.8) is 0 Å². The molecule has 0 radical (unpaired) electrons. The predicted octanol–water partition coefficient (Wildman–Crippen LogP) is 5.33. The number of aromatic hydroxyl groups is 1. The molecule has 0 spiro atoms. The summed E-state index contributed by atoms with van der Waals surface area (Å²) in [5.41, 5.74) is 3.16. The first-order valence-corrected chi connectivity index (χ1v) is 9.52. The van der Waals surface area contributed by atoms with E-state index < -0.39 is 0 Å². The number of benzene rings is 1. The molecular weight excluding hydrogens is 364 g/mol. The Bertz CT molecular complexity index is 734. The van der Waals surface area contributed by atoms with Gasteiger partial charge in [-0.25, -0.2) is 0 Å². The van der Waals surface area contributed by atoms with E-state index in [1.165, 1.54) is 5.57 Å². The van der Waals surface area contributed by atoms with Crippen LogP contribution in [0, 0.1) is 17.8 Å². The molecule has 1 N–H and O–H groups in total. The molecule has 3 unspecified atom stereocenters. The Morgan fingerprint density at radius 3 is 2.88 bits per heavy atom. The summed E-state index contributed by atoms with van der Waals surface area (Å²) < 4.78 is 6.33. The summed E-state index contributed by atoms with van der Waals surface area (Å²) in [5, 5.41) is 10.7. The normalized spacial score (nSPS) is 25.3. The van der Waals surface area contributed by atoms with Gasteiger partial charge in [0.05, 0.1) is 4.83 Å². The fourth-order valence-electron chi connectivity index (χ4n) is 4.02. The number of hydrogen-bond acceptors (Lipinski definition) is 2. The van der Waals surface area contributed by atoms with E-state index in [1.54, 1.807) is 0 Å². The lowest BCUT2D eigenvalue weighted by Gasteiger charge is -2.47. The summed E-state index contributed by atoms with van der Waals surface area (Å²) in [7, 11) is 0. The van der Waals surface area contributed by atoms with Gasteiger partial charge in [0, 0.05) is 23.8 Å². The molecule has 0 saturated carbocycles. The summed E-state index contributed by atoms with van der Waals surface area (Å²) in [5.74, 6) is 8.17. The van der Waals surface area contributed by atoms with E-state index in [9.17, 15) is 5.11 Å². The Hall–Kier alpha value is -1.40. The summed E-state index contributed by atoms with van der Waals surface area (Å²) in [6, 6.07) is 3.92. The average molecular weight is 389 g/mol. The van der Waals surface area contributed by atoms with E-state index >= 15 is 0 Å². The van der Waals surface area contributed by atoms with E-state index in [1.807, 2.05) is 13.0 Å². The number of fused-ring (bicyclic) bond motifs is 3. The fraction of sp³-hybridized carbons (Fsp3) is 0.524. The van der Waals surface area contributed by atoms with Crippen molar-refractivity contribution in [2.75, 3.05) is 0 Å². The number of alkyl halides is 1. The number of hydrogen-bond donors (Lipinski definition) is 1. The summed E-state index contributed by atoms with van der Waals surface area (Å²) in [6.45, 7) is 8.51. The van der Waals surface area contributed by atoms with E-state index in [4.69, 9.17) is 4.74 Å². The maximum absolute atomic E-state index is 10.7. The van der Waals surface area contributed by atoms with Crippen molar-refractivity contribution in [2.45, 2.75) is 63.3 Å². The second-order valence-electron chi connectivity index (χ2n) is 7.55. The monoisotopic (exact) mass is 388 g/mol. The molecule has 3 heteroatoms. The predicted molar refractivity (Wildman–Crippen MR) is 102 cm³/mol. The van der Waals surface area contributed by atoms with Crippen LogP contribution in [0.3, 0.4) is 0 Å². The van der Waals surface area contributed by atoms with Gasteiger partial charge in [0.25, 0.3) is 0 Å². The zero-order valence-corrected chi connectivity index (χ0v) is 16.4. The molecule has 0 bridgehead atoms. The number of allylic oxidation sites excluding steroid dienone is 2. The van der Waals surface area contributed by atoms with Crippen LogP contribution in [0.2, 0.25) is 0 Å². The second-order valence-corrected chi connectivity index (χ2v) is 8.92. The Kier molecular flexibility index (Phi) is 4.71. The Balaban J connectivity index is 1.99. The number of phenols is 1. The smallest absolute Gasteiger partial charge is 0.127 e. The Labute approximate surface area is 153 Å². The van der Waals surface area contributed by atoms with E-state index in [2.05, 4.69) is 60.7 Å². The van der Waals surface area contributed by atoms with E-state index in [-0.39, 0.29) is 10.4 Å². The molecule has 3 rings (SSSR count). The van der Waals surface area contributed by atoms with Crippen molar-refractivity contribution < 1.29 is 9.84 Å². The second kappa shape index (κ2) is 6.48. The fourth-order valence-corrected chi connectivity index (χ4v) is 4.18. The highest BCUT2D eigenvalue weighted by Crippen LogP contribution is 2.54. The van der Waals surface area contributed by atoms with Crippen LogP contribution in [0.5, 0.6) is 11.5 Å². The first-order chi connectivity index (χ1) is 11.3. The van der Waals surface area contributed by atoms with Crippen LogP contribution in [0.4, 0.5) is 0 Å². The topological polar surface area (TPSA) is 29.5 Å². The minimum atomic E-state index is -0.226. The lowest BCUT2D eigenvalue weighted by Crippen LogP contribution is -2.45. The number of rotatable bonds is 1. The van der Waals surface area contributed by atoms with Gasteiger partial charge in [-0.2, -0.15) is 0 Å². The molecule has 0 fully saturated rings. The highest BCUT2D eigenvalue weighted by atomic mass is 79.9. The van der Waals surface area contributed by atoms with Crippen LogP contribution >= 0.6 is 15.9 Å². The van der Waals surface area contributed by atoms with E-state index in [0.29, 0.717) is 24.0 Å². The van der Waals surface area contributed by atoms with Gasteiger partial charge in [-0.1, -0.05) is 39.4 Å². The van der Waals surface area contributed by atoms with Gasteiger partial charge in [0.15, 0.2) is 0 Å². The first kappa shape index (κ1) is 17.4. The van der Waals surface area contributed by atoms with Gasteiger partial charge >= 0.3 is 0 Å². The van der Waals surface area contributed by atoms with Crippen LogP contribution in [0.25, 0.3) is 0 Å². The number of halogens is 1. The van der Waals surface area contributed by atoms with E-state index in [0.717, 1.165) is 29.7 Å². The van der Waals surface area contributed by atoms with Crippen molar-refractivity contribution in [3.8, 4) is 23.3 Å². The molecule has 24 heavy (non-hydrogen) atoms. The number of ether oxygens (including phenoxy) is 1. The molecular formula is C21H25BrO2. The van der Waals surface area contributed by atoms with Gasteiger partial charge < -0.3 is 9.84 Å². The van der Waals surface area contributed by atoms with Crippen molar-refractivity contribution in [1.29, 1.82) is 0 Å². The molecule has 3 atom stereocenters. The molecule has 128 valence electrons. The standard InChI is InChI=1S/C21H25BrO2/c1-13-8-9-17-16(10-13)20-18(23)11-15(7-5-6-14(2)22)12-19(20)24-21(17,3)4/h8,11-12,14,16-17,23H,7,9-10H2,1-4H3. The van der Waals surface area contributed by atoms with Crippen molar-refractivity contribution in [3.05, 3.63) is 34.9 Å². The van der Waals surface area contributed by atoms with Crippen molar-refractivity contribution in [2.24, 2.45) is 5.92 Å². The van der Waals surface area contributed by atoms with Crippen LogP contribution in [-0.2, 0) is 6.42 Å². The highest BCUT2D eigenvalue weighted by molar-refractivity contribution is 9.09. The number of phenolic OH excluding ortho intramolecular Hbond substituents is 1. The minimum Gasteiger partial charge on any atom is -0.508 e. The zero-order valence-electron chi connectivity index (χ0n) is 14.8. The van der Waals surface area contributed by atoms with Crippen LogP contribution in [-0.4, -0.2) is 15.5 Å². The molecule has 0 saturated heterocycles. The molecule has 0 aromatic heterocycles. The lowest BCUT2D eigenvalue weighted by atomic mass is 9.67. The average Bonchev–Trinajstić information content (AvgIpc) is 2.45. The van der Waals surface area contributed by atoms with Crippen molar-refractivity contribution in [1.82, 2.24) is 0 Å². The van der Waals surface area contributed by atoms with Crippen molar-refractivity contribution >= 4 is 15.9 Å². The molecule has 2 aliphatic rings. The highest BCUT2D eigenvalue weighted by Gasteiger charge is 2.45. The molecule has 1 aromatic rings. The van der Waals surface area contributed by atoms with Gasteiger partial charge in [-0.15, -0.1) is 0 Å². The Morgan fingerprint density at radius 1 is 1.42 bits per heavy atom.